The predicted octanol–water partition coefficient (Wildman–Crippen LogP) is 3.30. The first-order chi connectivity index (χ1) is 9.79. The van der Waals surface area contributed by atoms with Gasteiger partial charge in [0.2, 0.25) is 0 Å². The third-order valence-electron chi connectivity index (χ3n) is 3.80. The van der Waals surface area contributed by atoms with Crippen LogP contribution in [0.15, 0.2) is 30.3 Å². The van der Waals surface area contributed by atoms with Crippen LogP contribution in [0.25, 0.3) is 0 Å². The fourth-order valence-electron chi connectivity index (χ4n) is 2.89. The molecule has 2 atom stereocenters. The first-order valence-corrected chi connectivity index (χ1v) is 7.50. The van der Waals surface area contributed by atoms with Crippen molar-refractivity contribution in [2.45, 2.75) is 44.9 Å². The van der Waals surface area contributed by atoms with Crippen LogP contribution in [0.2, 0.25) is 0 Å². The molecule has 2 rings (SSSR count). The van der Waals surface area contributed by atoms with Gasteiger partial charge >= 0.3 is 6.09 Å². The van der Waals surface area contributed by atoms with Crippen molar-refractivity contribution in [1.29, 1.82) is 0 Å². The Morgan fingerprint density at radius 3 is 2.38 bits per heavy atom. The maximum Gasteiger partial charge on any atom is 0.410 e. The number of likely N-dealkylation sites (tertiary alicyclic amines) is 1. The molecule has 0 aliphatic carbocycles. The summed E-state index contributed by atoms with van der Waals surface area (Å²) in [6, 6.07) is 10.6. The number of rotatable bonds is 2. The molecule has 0 aromatic heterocycles. The van der Waals surface area contributed by atoms with Crippen molar-refractivity contribution in [3.8, 4) is 0 Å². The number of hydrogen-bond donors (Lipinski definition) is 0. The molecule has 116 valence electrons. The zero-order valence-corrected chi connectivity index (χ0v) is 13.7. The Kier molecular flexibility index (Phi) is 4.57. The van der Waals surface area contributed by atoms with Gasteiger partial charge < -0.3 is 9.64 Å². The molecule has 4 nitrogen and oxygen atoms in total. The molecular weight excluding hydrogens is 264 g/mol. The highest BCUT2D eigenvalue weighted by Gasteiger charge is 2.40. The van der Waals surface area contributed by atoms with E-state index in [4.69, 9.17) is 4.74 Å². The monoisotopic (exact) mass is 290 g/mol. The van der Waals surface area contributed by atoms with Crippen molar-refractivity contribution >= 4 is 6.09 Å². The number of nitrogens with zero attached hydrogens (tertiary/aromatic N) is 2. The fraction of sp³-hybridized carbons (Fsp3) is 0.588. The Hall–Kier alpha value is -1.55. The van der Waals surface area contributed by atoms with E-state index in [1.807, 2.05) is 43.9 Å². The lowest BCUT2D eigenvalue weighted by Gasteiger charge is -2.33. The van der Waals surface area contributed by atoms with Crippen molar-refractivity contribution in [1.82, 2.24) is 9.80 Å². The van der Waals surface area contributed by atoms with E-state index in [-0.39, 0.29) is 12.1 Å². The summed E-state index contributed by atoms with van der Waals surface area (Å²) in [4.78, 5) is 16.6. The molecule has 0 N–H and O–H groups in total. The Morgan fingerprint density at radius 1 is 1.24 bits per heavy atom. The summed E-state index contributed by atoms with van der Waals surface area (Å²) in [7, 11) is 4.14. The molecule has 1 aliphatic rings. The van der Waals surface area contributed by atoms with Crippen LogP contribution >= 0.6 is 0 Å². The Balaban J connectivity index is 2.26. The molecule has 21 heavy (non-hydrogen) atoms. The van der Waals surface area contributed by atoms with Crippen LogP contribution in [0, 0.1) is 0 Å². The molecule has 2 unspecified atom stereocenters. The van der Waals surface area contributed by atoms with E-state index in [1.165, 1.54) is 5.56 Å². The number of amides is 1. The maximum atomic E-state index is 12.5. The van der Waals surface area contributed by atoms with Crippen molar-refractivity contribution in [3.05, 3.63) is 35.9 Å². The normalized spacial score (nSPS) is 22.7. The van der Waals surface area contributed by atoms with Gasteiger partial charge in [-0.25, -0.2) is 4.79 Å². The average molecular weight is 290 g/mol. The minimum Gasteiger partial charge on any atom is -0.444 e. The van der Waals surface area contributed by atoms with Crippen LogP contribution in [-0.2, 0) is 4.74 Å². The largest absolute Gasteiger partial charge is 0.444 e. The minimum absolute atomic E-state index is 0.0519. The number of benzene rings is 1. The molecular formula is C17H26N2O2. The van der Waals surface area contributed by atoms with Crippen molar-refractivity contribution < 1.29 is 9.53 Å². The van der Waals surface area contributed by atoms with Crippen LogP contribution in [0.3, 0.4) is 0 Å². The summed E-state index contributed by atoms with van der Waals surface area (Å²) in [5.41, 5.74) is 0.702. The van der Waals surface area contributed by atoms with Gasteiger partial charge in [-0.3, -0.25) is 4.90 Å². The van der Waals surface area contributed by atoms with E-state index in [0.29, 0.717) is 6.04 Å². The summed E-state index contributed by atoms with van der Waals surface area (Å²) < 4.78 is 5.57. The number of carbonyl (C=O) groups excluding carboxylic acids is 1. The highest BCUT2D eigenvalue weighted by atomic mass is 16.6. The standard InChI is InChI=1S/C17H26N2O2/c1-17(2,3)21-16(20)19-12-11-14(18(4)5)15(19)13-9-7-6-8-10-13/h6-10,14-15H,11-12H2,1-5H3. The topological polar surface area (TPSA) is 32.8 Å². The molecule has 4 heteroatoms. The van der Waals surface area contributed by atoms with Crippen LogP contribution in [0.5, 0.6) is 0 Å². The van der Waals surface area contributed by atoms with Gasteiger partial charge in [0.1, 0.15) is 5.60 Å². The molecule has 0 radical (unpaired) electrons. The highest BCUT2D eigenvalue weighted by molar-refractivity contribution is 5.69. The number of carbonyl (C=O) groups is 1. The van der Waals surface area contributed by atoms with Gasteiger partial charge in [0, 0.05) is 12.6 Å². The maximum absolute atomic E-state index is 12.5. The summed E-state index contributed by atoms with van der Waals surface area (Å²) in [6.45, 7) is 6.45. The molecule has 1 aliphatic heterocycles. The van der Waals surface area contributed by atoms with Gasteiger partial charge in [0.05, 0.1) is 6.04 Å². The molecule has 1 aromatic rings. The van der Waals surface area contributed by atoms with Gasteiger partial charge in [-0.05, 0) is 46.9 Å². The quantitative estimate of drug-likeness (QED) is 0.838. The Morgan fingerprint density at radius 2 is 1.86 bits per heavy atom. The lowest BCUT2D eigenvalue weighted by Crippen LogP contribution is -2.40. The smallest absolute Gasteiger partial charge is 0.410 e. The van der Waals surface area contributed by atoms with E-state index in [0.717, 1.165) is 13.0 Å². The second-order valence-corrected chi connectivity index (χ2v) is 6.85. The Bertz CT molecular complexity index is 479. The zero-order chi connectivity index (χ0) is 15.6. The lowest BCUT2D eigenvalue weighted by molar-refractivity contribution is 0.0195. The number of ether oxygens (including phenoxy) is 1. The van der Waals surface area contributed by atoms with Gasteiger partial charge in [-0.1, -0.05) is 30.3 Å². The van der Waals surface area contributed by atoms with Gasteiger partial charge in [0.25, 0.3) is 0 Å². The molecule has 1 aromatic carbocycles. The van der Waals surface area contributed by atoms with Crippen molar-refractivity contribution in [2.75, 3.05) is 20.6 Å². The van der Waals surface area contributed by atoms with E-state index in [1.54, 1.807) is 0 Å². The van der Waals surface area contributed by atoms with E-state index < -0.39 is 5.60 Å². The third kappa shape index (κ3) is 3.76. The molecule has 0 bridgehead atoms. The summed E-state index contributed by atoms with van der Waals surface area (Å²) in [5, 5.41) is 0. The van der Waals surface area contributed by atoms with E-state index >= 15 is 0 Å². The first-order valence-electron chi connectivity index (χ1n) is 7.50. The fourth-order valence-corrected chi connectivity index (χ4v) is 2.89. The molecule has 1 fully saturated rings. The first kappa shape index (κ1) is 15.8. The predicted molar refractivity (Wildman–Crippen MR) is 84.2 cm³/mol. The van der Waals surface area contributed by atoms with Gasteiger partial charge in [-0.2, -0.15) is 0 Å². The minimum atomic E-state index is -0.464. The van der Waals surface area contributed by atoms with Crippen LogP contribution in [-0.4, -0.2) is 48.2 Å². The second-order valence-electron chi connectivity index (χ2n) is 6.85. The van der Waals surface area contributed by atoms with Crippen LogP contribution in [0.1, 0.15) is 38.8 Å². The van der Waals surface area contributed by atoms with Crippen molar-refractivity contribution in [3.63, 3.8) is 0 Å². The van der Waals surface area contributed by atoms with Crippen LogP contribution < -0.4 is 0 Å². The molecule has 0 saturated carbocycles. The second kappa shape index (κ2) is 6.06. The number of hydrogen-bond acceptors (Lipinski definition) is 3. The van der Waals surface area contributed by atoms with Gasteiger partial charge in [0.15, 0.2) is 0 Å². The third-order valence-corrected chi connectivity index (χ3v) is 3.80. The molecule has 1 heterocycles. The summed E-state index contributed by atoms with van der Waals surface area (Å²) >= 11 is 0. The Labute approximate surface area is 127 Å². The van der Waals surface area contributed by atoms with Crippen LogP contribution in [0.4, 0.5) is 4.79 Å². The van der Waals surface area contributed by atoms with Gasteiger partial charge in [-0.15, -0.1) is 0 Å². The van der Waals surface area contributed by atoms with E-state index in [2.05, 4.69) is 31.1 Å². The van der Waals surface area contributed by atoms with Crippen molar-refractivity contribution in [2.24, 2.45) is 0 Å². The molecule has 1 saturated heterocycles. The zero-order valence-electron chi connectivity index (χ0n) is 13.7. The molecule has 0 spiro atoms. The number of likely N-dealkylation sites (N-methyl/N-ethyl adjacent to an activating group) is 1. The lowest BCUT2D eigenvalue weighted by atomic mass is 9.99. The SMILES string of the molecule is CN(C)C1CCN(C(=O)OC(C)(C)C)C1c1ccccc1. The average Bonchev–Trinajstić information content (AvgIpc) is 2.82. The highest BCUT2D eigenvalue weighted by Crippen LogP contribution is 2.35. The summed E-state index contributed by atoms with van der Waals surface area (Å²) in [5.74, 6) is 0. The van der Waals surface area contributed by atoms with E-state index in [9.17, 15) is 4.79 Å². The summed E-state index contributed by atoms with van der Waals surface area (Å²) in [6.07, 6.45) is 0.743. The molecule has 1 amide bonds.